The van der Waals surface area contributed by atoms with E-state index in [1.807, 2.05) is 42.5 Å². The first kappa shape index (κ1) is 16.1. The third-order valence-corrected chi connectivity index (χ3v) is 4.43. The maximum Gasteiger partial charge on any atom is 0.413 e. The molecular weight excluding hydrogens is 332 g/mol. The van der Waals surface area contributed by atoms with Gasteiger partial charge in [0.1, 0.15) is 23.7 Å². The van der Waals surface area contributed by atoms with E-state index in [1.54, 1.807) is 14.0 Å². The Bertz CT molecular complexity index is 1040. The number of methoxy groups -OCH3 is 1. The molecule has 1 aliphatic rings. The summed E-state index contributed by atoms with van der Waals surface area (Å²) in [6.45, 7) is 1.71. The minimum absolute atomic E-state index is 0.0276. The zero-order valence-electron chi connectivity index (χ0n) is 14.3. The Kier molecular flexibility index (Phi) is 3.80. The molecule has 130 valence electrons. The number of aromatic nitrogens is 1. The molecule has 6 heteroatoms. The van der Waals surface area contributed by atoms with Crippen LogP contribution in [-0.4, -0.2) is 24.0 Å². The van der Waals surface area contributed by atoms with Crippen LogP contribution in [0.1, 0.15) is 22.8 Å². The van der Waals surface area contributed by atoms with Gasteiger partial charge in [-0.3, -0.25) is 10.1 Å². The van der Waals surface area contributed by atoms with Crippen molar-refractivity contribution in [2.24, 2.45) is 0 Å². The Labute approximate surface area is 149 Å². The van der Waals surface area contributed by atoms with Crippen molar-refractivity contribution in [1.29, 1.82) is 0 Å². The molecule has 0 saturated carbocycles. The summed E-state index contributed by atoms with van der Waals surface area (Å²) in [7, 11) is 1.58. The molecule has 4 rings (SSSR count). The summed E-state index contributed by atoms with van der Waals surface area (Å²) in [5, 5.41) is 3.50. The Morgan fingerprint density at radius 2 is 1.96 bits per heavy atom. The topological polar surface area (TPSA) is 77.5 Å². The number of amides is 1. The molecular formula is C20H16N2O4. The smallest absolute Gasteiger partial charge is 0.413 e. The summed E-state index contributed by atoms with van der Waals surface area (Å²) in [4.78, 5) is 27.5. The van der Waals surface area contributed by atoms with Gasteiger partial charge in [-0.1, -0.05) is 24.3 Å². The number of fused-ring (bicyclic) bond motifs is 2. The molecule has 0 saturated heterocycles. The summed E-state index contributed by atoms with van der Waals surface area (Å²) in [5.41, 5.74) is 4.04. The van der Waals surface area contributed by atoms with Gasteiger partial charge in [0.05, 0.1) is 7.11 Å². The van der Waals surface area contributed by atoms with Crippen LogP contribution in [0.4, 0.5) is 10.6 Å². The molecule has 0 spiro atoms. The predicted octanol–water partition coefficient (Wildman–Crippen LogP) is 4.18. The second-order valence-electron chi connectivity index (χ2n) is 6.04. The molecule has 3 aromatic rings. The van der Waals surface area contributed by atoms with E-state index < -0.39 is 6.09 Å². The summed E-state index contributed by atoms with van der Waals surface area (Å²) in [5.74, 6) is 1.13. The van der Waals surface area contributed by atoms with Crippen molar-refractivity contribution in [2.75, 3.05) is 12.4 Å². The van der Waals surface area contributed by atoms with Gasteiger partial charge in [-0.05, 0) is 36.2 Å². The van der Waals surface area contributed by atoms with Gasteiger partial charge in [0.25, 0.3) is 0 Å². The Hall–Kier alpha value is -3.41. The summed E-state index contributed by atoms with van der Waals surface area (Å²) in [6.07, 6.45) is -0.515. The van der Waals surface area contributed by atoms with Crippen molar-refractivity contribution < 1.29 is 19.1 Å². The van der Waals surface area contributed by atoms with E-state index in [2.05, 4.69) is 10.3 Å². The third-order valence-electron chi connectivity index (χ3n) is 4.43. The summed E-state index contributed by atoms with van der Waals surface area (Å²) < 4.78 is 10.5. The number of benzene rings is 2. The molecule has 6 nitrogen and oxygen atoms in total. The van der Waals surface area contributed by atoms with Gasteiger partial charge >= 0.3 is 6.09 Å². The molecule has 1 amide bonds. The zero-order chi connectivity index (χ0) is 18.3. The largest absolute Gasteiger partial charge is 0.494 e. The first-order valence-corrected chi connectivity index (χ1v) is 8.12. The molecule has 1 aliphatic heterocycles. The number of carbonyl (C=O) groups is 2. The lowest BCUT2D eigenvalue weighted by molar-refractivity contribution is 0.101. The fraction of sp³-hybridized carbons (Fsp3) is 0.150. The molecule has 2 heterocycles. The quantitative estimate of drug-likeness (QED) is 0.719. The fourth-order valence-electron chi connectivity index (χ4n) is 3.07. The molecule has 0 fully saturated rings. The number of nitrogens with zero attached hydrogens (tertiary/aromatic N) is 1. The number of nitrogens with one attached hydrogen (secondary N) is 1. The number of ether oxygens (including phenoxy) is 2. The maximum atomic E-state index is 11.5. The second-order valence-corrected chi connectivity index (χ2v) is 6.04. The number of hydrogen-bond donors (Lipinski definition) is 1. The number of Topliss-reactive ketones (excluding diaryl/α,β-unsaturated/α-hetero) is 1. The van der Waals surface area contributed by atoms with Crippen LogP contribution < -0.4 is 10.1 Å². The highest BCUT2D eigenvalue weighted by Crippen LogP contribution is 2.36. The number of carbonyl (C=O) groups excluding carboxylic acids is 2. The molecule has 1 aromatic heterocycles. The zero-order valence-corrected chi connectivity index (χ0v) is 14.3. The highest BCUT2D eigenvalue weighted by atomic mass is 16.5. The maximum absolute atomic E-state index is 11.5. The standard InChI is InChI=1S/C20H16N2O4/c1-11(23)12-3-5-13(6-4-12)15-7-8-17(25-2)18-16(15)9-14-10-26-20(24)22-19(14)21-18/h3-9H,10H2,1-2H3,(H,21,22,24). The number of cyclic esters (lactones) is 1. The van der Waals surface area contributed by atoms with Crippen molar-refractivity contribution in [3.05, 3.63) is 53.6 Å². The summed E-state index contributed by atoms with van der Waals surface area (Å²) >= 11 is 0. The van der Waals surface area contributed by atoms with Crippen LogP contribution >= 0.6 is 0 Å². The molecule has 0 bridgehead atoms. The lowest BCUT2D eigenvalue weighted by atomic mass is 9.97. The SMILES string of the molecule is COc1ccc(-c2ccc(C(C)=O)cc2)c2cc3c(nc12)NC(=O)OC3. The fourth-order valence-corrected chi connectivity index (χ4v) is 3.07. The second kappa shape index (κ2) is 6.15. The molecule has 0 radical (unpaired) electrons. The third kappa shape index (κ3) is 2.65. The molecule has 2 aromatic carbocycles. The minimum Gasteiger partial charge on any atom is -0.494 e. The van der Waals surface area contributed by atoms with Gasteiger partial charge in [-0.25, -0.2) is 9.78 Å². The van der Waals surface area contributed by atoms with Crippen molar-refractivity contribution >= 4 is 28.6 Å². The van der Waals surface area contributed by atoms with Gasteiger partial charge in [0.2, 0.25) is 0 Å². The van der Waals surface area contributed by atoms with Crippen molar-refractivity contribution in [3.63, 3.8) is 0 Å². The number of anilines is 1. The first-order valence-electron chi connectivity index (χ1n) is 8.12. The van der Waals surface area contributed by atoms with Crippen LogP contribution in [0, 0.1) is 0 Å². The van der Waals surface area contributed by atoms with Crippen LogP contribution in [0.25, 0.3) is 22.0 Å². The Balaban J connectivity index is 1.92. The normalized spacial score (nSPS) is 12.9. The number of hydrogen-bond acceptors (Lipinski definition) is 5. The summed E-state index contributed by atoms with van der Waals surface area (Å²) in [6, 6.07) is 13.2. The minimum atomic E-state index is -0.515. The van der Waals surface area contributed by atoms with E-state index in [1.165, 1.54) is 0 Å². The van der Waals surface area contributed by atoms with Crippen LogP contribution in [0.3, 0.4) is 0 Å². The molecule has 0 aliphatic carbocycles. The Morgan fingerprint density at radius 1 is 1.19 bits per heavy atom. The van der Waals surface area contributed by atoms with Gasteiger partial charge in [0.15, 0.2) is 5.78 Å². The average Bonchev–Trinajstić information content (AvgIpc) is 2.65. The van der Waals surface area contributed by atoms with Crippen molar-refractivity contribution in [1.82, 2.24) is 4.98 Å². The Morgan fingerprint density at radius 3 is 2.65 bits per heavy atom. The van der Waals surface area contributed by atoms with Gasteiger partial charge in [-0.15, -0.1) is 0 Å². The van der Waals surface area contributed by atoms with E-state index in [0.717, 1.165) is 22.1 Å². The molecule has 0 unspecified atom stereocenters. The molecule has 1 N–H and O–H groups in total. The van der Waals surface area contributed by atoms with E-state index >= 15 is 0 Å². The molecule has 26 heavy (non-hydrogen) atoms. The highest BCUT2D eigenvalue weighted by molar-refractivity contribution is 6.01. The predicted molar refractivity (Wildman–Crippen MR) is 97.5 cm³/mol. The van der Waals surface area contributed by atoms with Crippen LogP contribution in [-0.2, 0) is 11.3 Å². The van der Waals surface area contributed by atoms with Crippen molar-refractivity contribution in [2.45, 2.75) is 13.5 Å². The van der Waals surface area contributed by atoms with Crippen LogP contribution in [0.5, 0.6) is 5.75 Å². The average molecular weight is 348 g/mol. The van der Waals surface area contributed by atoms with E-state index in [4.69, 9.17) is 9.47 Å². The van der Waals surface area contributed by atoms with Crippen LogP contribution in [0.2, 0.25) is 0 Å². The van der Waals surface area contributed by atoms with Gasteiger partial charge in [-0.2, -0.15) is 0 Å². The number of pyridine rings is 1. The number of rotatable bonds is 3. The number of ketones is 1. The van der Waals surface area contributed by atoms with Crippen LogP contribution in [0.15, 0.2) is 42.5 Å². The van der Waals surface area contributed by atoms with Gasteiger partial charge < -0.3 is 9.47 Å². The lowest BCUT2D eigenvalue weighted by Crippen LogP contribution is -2.21. The molecule has 0 atom stereocenters. The monoisotopic (exact) mass is 348 g/mol. The van der Waals surface area contributed by atoms with Crippen molar-refractivity contribution in [3.8, 4) is 16.9 Å². The highest BCUT2D eigenvalue weighted by Gasteiger charge is 2.20. The first-order chi connectivity index (χ1) is 12.6. The van der Waals surface area contributed by atoms with Gasteiger partial charge in [0, 0.05) is 16.5 Å². The van der Waals surface area contributed by atoms with E-state index in [9.17, 15) is 9.59 Å². The lowest BCUT2D eigenvalue weighted by Gasteiger charge is -2.19. The van der Waals surface area contributed by atoms with E-state index in [0.29, 0.717) is 22.6 Å². The van der Waals surface area contributed by atoms with E-state index in [-0.39, 0.29) is 12.4 Å².